The molecule has 1 atom stereocenters. The van der Waals surface area contributed by atoms with Crippen LogP contribution in [0.5, 0.6) is 0 Å². The van der Waals surface area contributed by atoms with Crippen molar-refractivity contribution < 1.29 is 34.9 Å². The molecule has 0 fully saturated rings. The highest BCUT2D eigenvalue weighted by molar-refractivity contribution is 7.85. The number of hydrazone groups is 1. The fraction of sp³-hybridized carbons (Fsp3) is 0.188. The van der Waals surface area contributed by atoms with E-state index in [0.29, 0.717) is 6.07 Å². The maximum atomic E-state index is 14.1. The van der Waals surface area contributed by atoms with Crippen molar-refractivity contribution >= 4 is 21.5 Å². The molecule has 0 amide bonds. The number of rotatable bonds is 3. The van der Waals surface area contributed by atoms with Gasteiger partial charge >= 0.3 is 6.18 Å². The monoisotopic (exact) mass is 406 g/mol. The van der Waals surface area contributed by atoms with Crippen molar-refractivity contribution in [2.45, 2.75) is 23.5 Å². The SMILES string of the molecule is O=S(=O)(O)c1ccc(C2CC(C(F)(F)F)=NN2c2ccc(F)cc2F)cc1. The Bertz CT molecular complexity index is 1000. The van der Waals surface area contributed by atoms with E-state index in [9.17, 15) is 30.4 Å². The van der Waals surface area contributed by atoms with E-state index in [0.717, 1.165) is 29.3 Å². The minimum atomic E-state index is -4.75. The van der Waals surface area contributed by atoms with Gasteiger partial charge in [-0.25, -0.2) is 8.78 Å². The van der Waals surface area contributed by atoms with E-state index in [1.165, 1.54) is 12.1 Å². The molecule has 1 aliphatic heterocycles. The number of anilines is 1. The van der Waals surface area contributed by atoms with Crippen molar-refractivity contribution in [1.29, 1.82) is 0 Å². The first-order valence-corrected chi connectivity index (χ1v) is 8.87. The van der Waals surface area contributed by atoms with Crippen molar-refractivity contribution in [3.63, 3.8) is 0 Å². The maximum Gasteiger partial charge on any atom is 0.431 e. The van der Waals surface area contributed by atoms with E-state index in [4.69, 9.17) is 4.55 Å². The molecule has 1 aliphatic rings. The van der Waals surface area contributed by atoms with Gasteiger partial charge in [-0.15, -0.1) is 0 Å². The zero-order chi connectivity index (χ0) is 20.0. The standard InChI is InChI=1S/C16H11F5N2O3S/c17-10-3-6-13(12(18)7-10)23-14(8-15(22-23)16(19,20)21)9-1-4-11(5-2-9)27(24,25)26/h1-7,14H,8H2,(H,24,25,26). The minimum Gasteiger partial charge on any atom is -0.282 e. The molecule has 5 nitrogen and oxygen atoms in total. The summed E-state index contributed by atoms with van der Waals surface area (Å²) in [4.78, 5) is -0.444. The molecule has 27 heavy (non-hydrogen) atoms. The topological polar surface area (TPSA) is 70.0 Å². The van der Waals surface area contributed by atoms with E-state index in [1.54, 1.807) is 0 Å². The Labute approximate surface area is 150 Å². The van der Waals surface area contributed by atoms with Crippen LogP contribution in [0, 0.1) is 11.6 Å². The van der Waals surface area contributed by atoms with E-state index in [2.05, 4.69) is 5.10 Å². The fourth-order valence-corrected chi connectivity index (χ4v) is 3.17. The summed E-state index contributed by atoms with van der Waals surface area (Å²) in [7, 11) is -4.48. The predicted octanol–water partition coefficient (Wildman–Crippen LogP) is 4.08. The molecular formula is C16H11F5N2O3S. The summed E-state index contributed by atoms with van der Waals surface area (Å²) in [6.07, 6.45) is -5.37. The van der Waals surface area contributed by atoms with Crippen molar-refractivity contribution in [2.75, 3.05) is 5.01 Å². The minimum absolute atomic E-state index is 0.203. The lowest BCUT2D eigenvalue weighted by molar-refractivity contribution is -0.0600. The number of nitrogens with zero attached hydrogens (tertiary/aromatic N) is 2. The average molecular weight is 406 g/mol. The molecule has 1 N–H and O–H groups in total. The van der Waals surface area contributed by atoms with E-state index < -0.39 is 51.0 Å². The molecule has 2 aromatic carbocycles. The van der Waals surface area contributed by atoms with Gasteiger partial charge in [0.1, 0.15) is 11.5 Å². The summed E-state index contributed by atoms with van der Waals surface area (Å²) in [6, 6.07) is 5.68. The highest BCUT2D eigenvalue weighted by Gasteiger charge is 2.44. The highest BCUT2D eigenvalue weighted by Crippen LogP contribution is 2.40. The number of hydrogen-bond acceptors (Lipinski definition) is 4. The quantitative estimate of drug-likeness (QED) is 0.616. The Morgan fingerprint density at radius 2 is 1.70 bits per heavy atom. The highest BCUT2D eigenvalue weighted by atomic mass is 32.2. The smallest absolute Gasteiger partial charge is 0.282 e. The molecule has 1 heterocycles. The summed E-state index contributed by atoms with van der Waals surface area (Å²) < 4.78 is 97.7. The van der Waals surface area contributed by atoms with Crippen LogP contribution in [0.3, 0.4) is 0 Å². The van der Waals surface area contributed by atoms with Crippen LogP contribution >= 0.6 is 0 Å². The summed E-state index contributed by atoms with van der Waals surface area (Å²) in [5, 5.41) is 4.22. The number of halogens is 5. The molecule has 2 aromatic rings. The zero-order valence-electron chi connectivity index (χ0n) is 13.3. The summed E-state index contributed by atoms with van der Waals surface area (Å²) in [5.41, 5.74) is -1.32. The molecule has 11 heteroatoms. The zero-order valence-corrected chi connectivity index (χ0v) is 14.1. The molecule has 0 radical (unpaired) electrons. The van der Waals surface area contributed by atoms with Gasteiger partial charge in [-0.05, 0) is 29.8 Å². The second-order valence-corrected chi connectivity index (χ2v) is 7.17. The molecule has 3 rings (SSSR count). The molecule has 0 aromatic heterocycles. The van der Waals surface area contributed by atoms with Gasteiger partial charge in [0.05, 0.1) is 16.6 Å². The Balaban J connectivity index is 2.05. The van der Waals surface area contributed by atoms with Crippen LogP contribution in [0.2, 0.25) is 0 Å². The molecule has 0 saturated carbocycles. The largest absolute Gasteiger partial charge is 0.431 e. The molecule has 0 spiro atoms. The Hall–Kier alpha value is -2.53. The van der Waals surface area contributed by atoms with Crippen LogP contribution < -0.4 is 5.01 Å². The average Bonchev–Trinajstić information content (AvgIpc) is 2.99. The van der Waals surface area contributed by atoms with Crippen LogP contribution in [0.15, 0.2) is 52.5 Å². The Morgan fingerprint density at radius 3 is 2.22 bits per heavy atom. The second kappa shape index (κ2) is 6.57. The van der Waals surface area contributed by atoms with Crippen molar-refractivity contribution in [3.8, 4) is 0 Å². The number of alkyl halides is 3. The lowest BCUT2D eigenvalue weighted by Gasteiger charge is -2.24. The maximum absolute atomic E-state index is 14.1. The summed E-state index contributed by atoms with van der Waals surface area (Å²) in [6.45, 7) is 0. The van der Waals surface area contributed by atoms with Gasteiger partial charge in [0.15, 0.2) is 5.82 Å². The lowest BCUT2D eigenvalue weighted by Crippen LogP contribution is -2.21. The summed E-state index contributed by atoms with van der Waals surface area (Å²) >= 11 is 0. The van der Waals surface area contributed by atoms with Crippen LogP contribution in [-0.4, -0.2) is 24.9 Å². The lowest BCUT2D eigenvalue weighted by atomic mass is 10.0. The second-order valence-electron chi connectivity index (χ2n) is 5.75. The summed E-state index contributed by atoms with van der Waals surface area (Å²) in [5.74, 6) is -1.99. The fourth-order valence-electron chi connectivity index (χ4n) is 2.69. The van der Waals surface area contributed by atoms with Crippen LogP contribution in [0.1, 0.15) is 18.0 Å². The van der Waals surface area contributed by atoms with Crippen molar-refractivity contribution in [1.82, 2.24) is 0 Å². The van der Waals surface area contributed by atoms with Crippen LogP contribution in [0.4, 0.5) is 27.6 Å². The molecule has 1 unspecified atom stereocenters. The first-order chi connectivity index (χ1) is 12.5. The number of benzene rings is 2. The molecule has 144 valence electrons. The van der Waals surface area contributed by atoms with Gasteiger partial charge in [-0.1, -0.05) is 12.1 Å². The third-order valence-electron chi connectivity index (χ3n) is 3.96. The third kappa shape index (κ3) is 3.93. The van der Waals surface area contributed by atoms with Gasteiger partial charge in [0, 0.05) is 12.5 Å². The molecule has 0 saturated heterocycles. The first-order valence-electron chi connectivity index (χ1n) is 7.43. The van der Waals surface area contributed by atoms with Gasteiger partial charge < -0.3 is 0 Å². The predicted molar refractivity (Wildman–Crippen MR) is 85.9 cm³/mol. The normalized spacial score (nSPS) is 17.9. The van der Waals surface area contributed by atoms with Gasteiger partial charge in [-0.2, -0.15) is 26.7 Å². The Kier molecular flexibility index (Phi) is 4.68. The molecule has 0 aliphatic carbocycles. The third-order valence-corrected chi connectivity index (χ3v) is 4.82. The van der Waals surface area contributed by atoms with Crippen LogP contribution in [-0.2, 0) is 10.1 Å². The molecule has 0 bridgehead atoms. The van der Waals surface area contributed by atoms with Gasteiger partial charge in [0.2, 0.25) is 0 Å². The van der Waals surface area contributed by atoms with Gasteiger partial charge in [-0.3, -0.25) is 9.56 Å². The van der Waals surface area contributed by atoms with Gasteiger partial charge in [0.25, 0.3) is 10.1 Å². The van der Waals surface area contributed by atoms with Crippen molar-refractivity contribution in [3.05, 3.63) is 59.7 Å². The van der Waals surface area contributed by atoms with Crippen LogP contribution in [0.25, 0.3) is 0 Å². The van der Waals surface area contributed by atoms with E-state index in [-0.39, 0.29) is 11.3 Å². The van der Waals surface area contributed by atoms with E-state index >= 15 is 0 Å². The molecular weight excluding hydrogens is 395 g/mol. The Morgan fingerprint density at radius 1 is 1.07 bits per heavy atom. The van der Waals surface area contributed by atoms with Crippen molar-refractivity contribution in [2.24, 2.45) is 5.10 Å². The first kappa shape index (κ1) is 19.2. The number of hydrogen-bond donors (Lipinski definition) is 1. The van der Waals surface area contributed by atoms with E-state index in [1.807, 2.05) is 0 Å².